The molecule has 4 nitrogen and oxygen atoms in total. The zero-order chi connectivity index (χ0) is 23.5. The van der Waals surface area contributed by atoms with Gasteiger partial charge in [0, 0.05) is 11.6 Å². The van der Waals surface area contributed by atoms with E-state index in [2.05, 4.69) is 53.4 Å². The van der Waals surface area contributed by atoms with Crippen molar-refractivity contribution in [2.45, 2.75) is 38.1 Å². The molecule has 0 saturated carbocycles. The molecule has 0 spiro atoms. The molecule has 2 heterocycles. The number of carbonyl (C=O) groups excluding carboxylic acids is 1. The first-order valence-electron chi connectivity index (χ1n) is 11.7. The molecule has 0 aliphatic carbocycles. The number of hydrogen-bond donors (Lipinski definition) is 0. The number of benzene rings is 3. The van der Waals surface area contributed by atoms with Crippen LogP contribution in [0.25, 0.3) is 22.5 Å². The molecule has 0 N–H and O–H groups in total. The van der Waals surface area contributed by atoms with Crippen LogP contribution >= 0.6 is 0 Å². The van der Waals surface area contributed by atoms with Crippen molar-refractivity contribution < 1.29 is 13.9 Å². The predicted octanol–water partition coefficient (Wildman–Crippen LogP) is 6.53. The van der Waals surface area contributed by atoms with E-state index in [0.29, 0.717) is 12.4 Å². The number of nitrogens with zero attached hydrogens (tertiary/aromatic N) is 1. The summed E-state index contributed by atoms with van der Waals surface area (Å²) in [5.74, 6) is 1.38. The number of ether oxygens (including phenoxy) is 1. The summed E-state index contributed by atoms with van der Waals surface area (Å²) in [4.78, 5) is 14.5. The SMILES string of the molecule is CC1(C)OC[C@H](Cc2ccccc2)N1C(C=O)c1ccc(-c2ccc(-c3ccccc3)cc2)o1. The third-order valence-corrected chi connectivity index (χ3v) is 6.58. The number of rotatable bonds is 7. The second kappa shape index (κ2) is 9.41. The molecular formula is C30H29NO3. The van der Waals surface area contributed by atoms with Crippen LogP contribution in [-0.4, -0.2) is 29.6 Å². The average Bonchev–Trinajstić information content (AvgIpc) is 3.47. The monoisotopic (exact) mass is 451 g/mol. The van der Waals surface area contributed by atoms with Gasteiger partial charge < -0.3 is 13.9 Å². The molecule has 3 aromatic carbocycles. The van der Waals surface area contributed by atoms with Gasteiger partial charge in [-0.05, 0) is 49.1 Å². The number of hydrogen-bond acceptors (Lipinski definition) is 4. The second-order valence-corrected chi connectivity index (χ2v) is 9.23. The lowest BCUT2D eigenvalue weighted by Gasteiger charge is -2.36. The van der Waals surface area contributed by atoms with Gasteiger partial charge in [0.25, 0.3) is 0 Å². The molecule has 1 aliphatic heterocycles. The standard InChI is InChI=1S/C30H29NO3/c1-30(2)31(26(21-33-30)19-22-9-5-3-6-10-22)27(20-32)29-18-17-28(34-29)25-15-13-24(14-16-25)23-11-7-4-8-12-23/h3-18,20,26-27H,19,21H2,1-2H3/t26-,27?/m0/s1. The van der Waals surface area contributed by atoms with Crippen LogP contribution in [0.15, 0.2) is 101 Å². The third kappa shape index (κ3) is 4.47. The van der Waals surface area contributed by atoms with Crippen LogP contribution in [0, 0.1) is 0 Å². The molecule has 0 amide bonds. The van der Waals surface area contributed by atoms with Gasteiger partial charge in [0.1, 0.15) is 29.6 Å². The Bertz CT molecular complexity index is 1230. The molecule has 4 heteroatoms. The predicted molar refractivity (Wildman–Crippen MR) is 134 cm³/mol. The summed E-state index contributed by atoms with van der Waals surface area (Å²) < 4.78 is 12.4. The van der Waals surface area contributed by atoms with Crippen molar-refractivity contribution in [3.8, 4) is 22.5 Å². The van der Waals surface area contributed by atoms with E-state index < -0.39 is 11.8 Å². The molecule has 0 bridgehead atoms. The highest BCUT2D eigenvalue weighted by atomic mass is 16.5. The normalized spacial score (nSPS) is 18.6. The van der Waals surface area contributed by atoms with Crippen molar-refractivity contribution in [1.29, 1.82) is 0 Å². The summed E-state index contributed by atoms with van der Waals surface area (Å²) in [6.45, 7) is 4.60. The fraction of sp³-hybridized carbons (Fsp3) is 0.233. The van der Waals surface area contributed by atoms with Crippen LogP contribution in [0.5, 0.6) is 0 Å². The Kier molecular flexibility index (Phi) is 6.18. The van der Waals surface area contributed by atoms with Gasteiger partial charge in [0.05, 0.1) is 6.61 Å². The minimum absolute atomic E-state index is 0.0753. The molecule has 1 fully saturated rings. The van der Waals surface area contributed by atoms with Gasteiger partial charge in [-0.15, -0.1) is 0 Å². The summed E-state index contributed by atoms with van der Waals surface area (Å²) in [6.07, 6.45) is 1.78. The summed E-state index contributed by atoms with van der Waals surface area (Å²) in [7, 11) is 0. The van der Waals surface area contributed by atoms with Gasteiger partial charge in [-0.1, -0.05) is 84.9 Å². The minimum Gasteiger partial charge on any atom is -0.459 e. The first-order valence-corrected chi connectivity index (χ1v) is 11.7. The first kappa shape index (κ1) is 22.3. The highest BCUT2D eigenvalue weighted by molar-refractivity contribution is 5.69. The van der Waals surface area contributed by atoms with Crippen LogP contribution in [0.1, 0.15) is 31.2 Å². The zero-order valence-corrected chi connectivity index (χ0v) is 19.6. The maximum Gasteiger partial charge on any atom is 0.145 e. The molecule has 0 radical (unpaired) electrons. The van der Waals surface area contributed by atoms with Gasteiger partial charge in [-0.3, -0.25) is 4.90 Å². The van der Waals surface area contributed by atoms with E-state index in [4.69, 9.17) is 9.15 Å². The van der Waals surface area contributed by atoms with E-state index in [-0.39, 0.29) is 6.04 Å². The van der Waals surface area contributed by atoms with E-state index in [1.807, 2.05) is 62.4 Å². The van der Waals surface area contributed by atoms with Crippen LogP contribution in [0.3, 0.4) is 0 Å². The largest absolute Gasteiger partial charge is 0.459 e. The van der Waals surface area contributed by atoms with E-state index >= 15 is 0 Å². The zero-order valence-electron chi connectivity index (χ0n) is 19.6. The van der Waals surface area contributed by atoms with Crippen molar-refractivity contribution in [2.75, 3.05) is 6.61 Å². The Hall–Kier alpha value is -3.47. The van der Waals surface area contributed by atoms with E-state index in [9.17, 15) is 4.79 Å². The van der Waals surface area contributed by atoms with Crippen LogP contribution < -0.4 is 0 Å². The lowest BCUT2D eigenvalue weighted by atomic mass is 10.0. The van der Waals surface area contributed by atoms with Crippen molar-refractivity contribution >= 4 is 6.29 Å². The average molecular weight is 452 g/mol. The number of aldehydes is 1. The quantitative estimate of drug-likeness (QED) is 0.300. The Morgan fingerprint density at radius 2 is 1.47 bits per heavy atom. The fourth-order valence-corrected chi connectivity index (χ4v) is 4.89. The highest BCUT2D eigenvalue weighted by Gasteiger charge is 2.45. The topological polar surface area (TPSA) is 42.7 Å². The lowest BCUT2D eigenvalue weighted by molar-refractivity contribution is -0.123. The molecule has 172 valence electrons. The van der Waals surface area contributed by atoms with Gasteiger partial charge in [-0.2, -0.15) is 0 Å². The van der Waals surface area contributed by atoms with Gasteiger partial charge in [0.2, 0.25) is 0 Å². The van der Waals surface area contributed by atoms with E-state index in [1.54, 1.807) is 0 Å². The Labute approximate surface area is 200 Å². The number of furan rings is 1. The Morgan fingerprint density at radius 1 is 0.853 bits per heavy atom. The van der Waals surface area contributed by atoms with Crippen molar-refractivity contribution in [3.05, 3.63) is 108 Å². The molecule has 1 unspecified atom stereocenters. The first-order chi connectivity index (χ1) is 16.5. The van der Waals surface area contributed by atoms with Gasteiger partial charge >= 0.3 is 0 Å². The third-order valence-electron chi connectivity index (χ3n) is 6.58. The molecule has 4 aromatic rings. The molecule has 1 aliphatic rings. The molecule has 5 rings (SSSR count). The highest BCUT2D eigenvalue weighted by Crippen LogP contribution is 2.38. The second-order valence-electron chi connectivity index (χ2n) is 9.23. The van der Waals surface area contributed by atoms with Crippen molar-refractivity contribution in [3.63, 3.8) is 0 Å². The van der Waals surface area contributed by atoms with E-state index in [1.165, 1.54) is 11.1 Å². The van der Waals surface area contributed by atoms with Crippen LogP contribution in [0.4, 0.5) is 0 Å². The fourth-order valence-electron chi connectivity index (χ4n) is 4.89. The molecule has 1 aromatic heterocycles. The summed E-state index contributed by atoms with van der Waals surface area (Å²) >= 11 is 0. The molecule has 1 saturated heterocycles. The van der Waals surface area contributed by atoms with Gasteiger partial charge in [0.15, 0.2) is 0 Å². The molecular weight excluding hydrogens is 422 g/mol. The summed E-state index contributed by atoms with van der Waals surface area (Å²) in [5.41, 5.74) is 3.96. The van der Waals surface area contributed by atoms with Crippen LogP contribution in [0.2, 0.25) is 0 Å². The van der Waals surface area contributed by atoms with Crippen molar-refractivity contribution in [2.24, 2.45) is 0 Å². The maximum absolute atomic E-state index is 12.4. The molecule has 34 heavy (non-hydrogen) atoms. The summed E-state index contributed by atoms with van der Waals surface area (Å²) in [5, 5.41) is 0. The van der Waals surface area contributed by atoms with Crippen molar-refractivity contribution in [1.82, 2.24) is 4.90 Å². The lowest BCUT2D eigenvalue weighted by Crippen LogP contribution is -2.47. The Morgan fingerprint density at radius 3 is 2.15 bits per heavy atom. The van der Waals surface area contributed by atoms with E-state index in [0.717, 1.165) is 29.6 Å². The van der Waals surface area contributed by atoms with Gasteiger partial charge in [-0.25, -0.2) is 0 Å². The van der Waals surface area contributed by atoms with Crippen LogP contribution in [-0.2, 0) is 16.0 Å². The summed E-state index contributed by atoms with van der Waals surface area (Å²) in [6, 6.07) is 32.3. The Balaban J connectivity index is 1.39. The minimum atomic E-state index is -0.574. The number of carbonyl (C=O) groups is 1. The molecule has 2 atom stereocenters. The maximum atomic E-state index is 12.4. The smallest absolute Gasteiger partial charge is 0.145 e.